The zero-order valence-electron chi connectivity index (χ0n) is 13.3. The number of benzene rings is 1. The molecule has 0 aliphatic carbocycles. The summed E-state index contributed by atoms with van der Waals surface area (Å²) in [5.74, 6) is 0.852. The van der Waals surface area contributed by atoms with Gasteiger partial charge in [-0.25, -0.2) is 0 Å². The molecule has 1 aliphatic heterocycles. The SMILES string of the molecule is COc1coc(CN2CCNCC2c2cccc(Cl)c2)cc1=O.Cl. The van der Waals surface area contributed by atoms with E-state index in [1.165, 1.54) is 19.4 Å². The van der Waals surface area contributed by atoms with Crippen molar-refractivity contribution >= 4 is 24.0 Å². The minimum Gasteiger partial charge on any atom is -0.490 e. The number of rotatable bonds is 4. The second-order valence-corrected chi connectivity index (χ2v) is 5.96. The van der Waals surface area contributed by atoms with Crippen LogP contribution in [0.3, 0.4) is 0 Å². The molecule has 2 heterocycles. The third kappa shape index (κ3) is 4.30. The van der Waals surface area contributed by atoms with E-state index in [1.807, 2.05) is 18.2 Å². The van der Waals surface area contributed by atoms with Crippen molar-refractivity contribution in [2.24, 2.45) is 0 Å². The van der Waals surface area contributed by atoms with Crippen molar-refractivity contribution in [3.63, 3.8) is 0 Å². The minimum atomic E-state index is -0.164. The fourth-order valence-corrected chi connectivity index (χ4v) is 3.05. The first-order valence-electron chi connectivity index (χ1n) is 7.53. The van der Waals surface area contributed by atoms with Crippen LogP contribution in [0.4, 0.5) is 0 Å². The number of nitrogens with zero attached hydrogens (tertiary/aromatic N) is 1. The lowest BCUT2D eigenvalue weighted by Gasteiger charge is -2.36. The molecule has 1 saturated heterocycles. The van der Waals surface area contributed by atoms with Gasteiger partial charge in [0, 0.05) is 36.8 Å². The first-order chi connectivity index (χ1) is 11.2. The molecule has 1 aromatic heterocycles. The minimum absolute atomic E-state index is 0. The van der Waals surface area contributed by atoms with Crippen molar-refractivity contribution in [2.45, 2.75) is 12.6 Å². The lowest BCUT2D eigenvalue weighted by atomic mass is 10.0. The number of halogens is 2. The highest BCUT2D eigenvalue weighted by molar-refractivity contribution is 6.30. The Kier molecular flexibility index (Phi) is 6.69. The summed E-state index contributed by atoms with van der Waals surface area (Å²) in [4.78, 5) is 14.2. The maximum absolute atomic E-state index is 11.9. The van der Waals surface area contributed by atoms with Crippen LogP contribution < -0.4 is 15.5 Å². The third-order valence-corrected chi connectivity index (χ3v) is 4.25. The van der Waals surface area contributed by atoms with Crippen LogP contribution in [0.5, 0.6) is 5.75 Å². The molecule has 0 saturated carbocycles. The summed E-state index contributed by atoms with van der Waals surface area (Å²) in [5.41, 5.74) is 0.990. The number of ether oxygens (including phenoxy) is 1. The number of piperazine rings is 1. The highest BCUT2D eigenvalue weighted by atomic mass is 35.5. The van der Waals surface area contributed by atoms with Gasteiger partial charge in [0.2, 0.25) is 11.2 Å². The molecule has 1 N–H and O–H groups in total. The number of hydrogen-bond acceptors (Lipinski definition) is 5. The summed E-state index contributed by atoms with van der Waals surface area (Å²) in [5, 5.41) is 4.13. The van der Waals surface area contributed by atoms with Gasteiger partial charge in [-0.2, -0.15) is 0 Å². The van der Waals surface area contributed by atoms with Gasteiger partial charge in [0.15, 0.2) is 0 Å². The Morgan fingerprint density at radius 3 is 2.96 bits per heavy atom. The highest BCUT2D eigenvalue weighted by Gasteiger charge is 2.24. The van der Waals surface area contributed by atoms with Crippen LogP contribution in [0, 0.1) is 0 Å². The van der Waals surface area contributed by atoms with Crippen LogP contribution in [0.2, 0.25) is 5.02 Å². The Morgan fingerprint density at radius 2 is 2.25 bits per heavy atom. The molecule has 7 heteroatoms. The second kappa shape index (κ2) is 8.53. The first-order valence-corrected chi connectivity index (χ1v) is 7.91. The standard InChI is InChI=1S/C17H19ClN2O3.ClH/c1-22-17-11-23-14(8-16(17)21)10-20-6-5-19-9-15(20)12-3-2-4-13(18)7-12;/h2-4,7-8,11,15,19H,5-6,9-10H2,1H3;1H. The maximum atomic E-state index is 11.9. The van der Waals surface area contributed by atoms with E-state index in [4.69, 9.17) is 20.8 Å². The summed E-state index contributed by atoms with van der Waals surface area (Å²) in [7, 11) is 1.46. The molecule has 1 aromatic carbocycles. The van der Waals surface area contributed by atoms with Crippen LogP contribution >= 0.6 is 24.0 Å². The maximum Gasteiger partial charge on any atom is 0.227 e. The van der Waals surface area contributed by atoms with E-state index >= 15 is 0 Å². The summed E-state index contributed by atoms with van der Waals surface area (Å²) in [6.45, 7) is 3.17. The Bertz CT molecular complexity index is 736. The molecule has 24 heavy (non-hydrogen) atoms. The average molecular weight is 371 g/mol. The summed E-state index contributed by atoms with van der Waals surface area (Å²) in [6, 6.07) is 9.56. The van der Waals surface area contributed by atoms with Crippen molar-refractivity contribution in [3.05, 3.63) is 63.2 Å². The van der Waals surface area contributed by atoms with Gasteiger partial charge in [0.1, 0.15) is 12.0 Å². The first kappa shape index (κ1) is 18.8. The van der Waals surface area contributed by atoms with Crippen molar-refractivity contribution in [3.8, 4) is 5.75 Å². The smallest absolute Gasteiger partial charge is 0.227 e. The molecule has 0 spiro atoms. The number of methoxy groups -OCH3 is 1. The molecule has 0 radical (unpaired) electrons. The van der Waals surface area contributed by atoms with Crippen LogP contribution in [0.15, 0.2) is 45.8 Å². The molecule has 1 atom stereocenters. The van der Waals surface area contributed by atoms with Gasteiger partial charge in [-0.1, -0.05) is 23.7 Å². The largest absolute Gasteiger partial charge is 0.490 e. The number of hydrogen-bond donors (Lipinski definition) is 1. The van der Waals surface area contributed by atoms with E-state index in [2.05, 4.69) is 16.3 Å². The van der Waals surface area contributed by atoms with Crippen LogP contribution in [0.1, 0.15) is 17.4 Å². The normalized spacial score (nSPS) is 18.0. The molecule has 1 unspecified atom stereocenters. The predicted molar refractivity (Wildman–Crippen MR) is 96.3 cm³/mol. The van der Waals surface area contributed by atoms with Crippen molar-refractivity contribution in [1.29, 1.82) is 0 Å². The van der Waals surface area contributed by atoms with Crippen LogP contribution in [-0.4, -0.2) is 31.6 Å². The van der Waals surface area contributed by atoms with E-state index in [0.29, 0.717) is 12.3 Å². The van der Waals surface area contributed by atoms with Crippen molar-refractivity contribution < 1.29 is 9.15 Å². The predicted octanol–water partition coefficient (Wildman–Crippen LogP) is 2.87. The molecule has 2 aromatic rings. The topological polar surface area (TPSA) is 54.7 Å². The number of nitrogens with one attached hydrogen (secondary N) is 1. The molecular weight excluding hydrogens is 351 g/mol. The van der Waals surface area contributed by atoms with E-state index in [1.54, 1.807) is 0 Å². The van der Waals surface area contributed by atoms with Gasteiger partial charge in [-0.15, -0.1) is 12.4 Å². The fourth-order valence-electron chi connectivity index (χ4n) is 2.85. The third-order valence-electron chi connectivity index (χ3n) is 4.02. The summed E-state index contributed by atoms with van der Waals surface area (Å²) < 4.78 is 10.5. The van der Waals surface area contributed by atoms with Crippen LogP contribution in [0.25, 0.3) is 0 Å². The Hall–Kier alpha value is -1.53. The molecule has 130 valence electrons. The molecule has 5 nitrogen and oxygen atoms in total. The molecular formula is C17H20Cl2N2O3. The van der Waals surface area contributed by atoms with Gasteiger partial charge < -0.3 is 14.5 Å². The van der Waals surface area contributed by atoms with Crippen molar-refractivity contribution in [1.82, 2.24) is 10.2 Å². The molecule has 1 fully saturated rings. The zero-order chi connectivity index (χ0) is 16.2. The highest BCUT2D eigenvalue weighted by Crippen LogP contribution is 2.26. The van der Waals surface area contributed by atoms with Gasteiger partial charge >= 0.3 is 0 Å². The zero-order valence-corrected chi connectivity index (χ0v) is 14.9. The summed E-state index contributed by atoms with van der Waals surface area (Å²) >= 11 is 6.11. The van der Waals surface area contributed by atoms with Gasteiger partial charge in [0.05, 0.1) is 13.7 Å². The van der Waals surface area contributed by atoms with Gasteiger partial charge in [-0.05, 0) is 17.7 Å². The van der Waals surface area contributed by atoms with E-state index < -0.39 is 0 Å². The average Bonchev–Trinajstić information content (AvgIpc) is 2.55. The van der Waals surface area contributed by atoms with Crippen molar-refractivity contribution in [2.75, 3.05) is 26.7 Å². The van der Waals surface area contributed by atoms with E-state index in [-0.39, 0.29) is 29.6 Å². The summed E-state index contributed by atoms with van der Waals surface area (Å²) in [6.07, 6.45) is 1.37. The Morgan fingerprint density at radius 1 is 1.42 bits per heavy atom. The lowest BCUT2D eigenvalue weighted by molar-refractivity contribution is 0.141. The lowest BCUT2D eigenvalue weighted by Crippen LogP contribution is -2.45. The molecule has 0 bridgehead atoms. The van der Waals surface area contributed by atoms with E-state index in [9.17, 15) is 4.79 Å². The van der Waals surface area contributed by atoms with Crippen LogP contribution in [-0.2, 0) is 6.54 Å². The van der Waals surface area contributed by atoms with Gasteiger partial charge in [0.25, 0.3) is 0 Å². The Balaban J connectivity index is 0.00000208. The van der Waals surface area contributed by atoms with E-state index in [0.717, 1.165) is 30.2 Å². The quantitative estimate of drug-likeness (QED) is 0.896. The molecule has 1 aliphatic rings. The second-order valence-electron chi connectivity index (χ2n) is 5.52. The molecule has 3 rings (SSSR count). The monoisotopic (exact) mass is 370 g/mol. The Labute approximate surface area is 152 Å². The van der Waals surface area contributed by atoms with Gasteiger partial charge in [-0.3, -0.25) is 9.69 Å². The fraction of sp³-hybridized carbons (Fsp3) is 0.353. The molecule has 0 amide bonds.